The molecule has 0 aliphatic carbocycles. The molecular formula is C21H23N3O3S2. The van der Waals surface area contributed by atoms with Gasteiger partial charge in [-0.05, 0) is 56.0 Å². The van der Waals surface area contributed by atoms with Crippen molar-refractivity contribution in [1.29, 1.82) is 0 Å². The van der Waals surface area contributed by atoms with Crippen LogP contribution in [0, 0.1) is 19.8 Å². The summed E-state index contributed by atoms with van der Waals surface area (Å²) < 4.78 is 28.0. The van der Waals surface area contributed by atoms with Crippen molar-refractivity contribution in [3.63, 3.8) is 0 Å². The maximum atomic E-state index is 12.7. The molecule has 0 atom stereocenters. The van der Waals surface area contributed by atoms with E-state index in [0.29, 0.717) is 36.0 Å². The van der Waals surface area contributed by atoms with Gasteiger partial charge < -0.3 is 5.32 Å². The Hall–Kier alpha value is -2.29. The van der Waals surface area contributed by atoms with Crippen LogP contribution in [0.15, 0.2) is 47.4 Å². The highest BCUT2D eigenvalue weighted by atomic mass is 32.2. The van der Waals surface area contributed by atoms with Crippen molar-refractivity contribution >= 4 is 42.6 Å². The minimum Gasteiger partial charge on any atom is -0.302 e. The van der Waals surface area contributed by atoms with Crippen LogP contribution >= 0.6 is 11.3 Å². The molecule has 0 saturated carbocycles. The lowest BCUT2D eigenvalue weighted by Crippen LogP contribution is -2.41. The molecule has 29 heavy (non-hydrogen) atoms. The van der Waals surface area contributed by atoms with E-state index in [-0.39, 0.29) is 11.8 Å². The normalized spacial score (nSPS) is 16.2. The third-order valence-corrected chi connectivity index (χ3v) is 8.10. The molecule has 1 saturated heterocycles. The van der Waals surface area contributed by atoms with Gasteiger partial charge in [0, 0.05) is 19.0 Å². The van der Waals surface area contributed by atoms with E-state index in [0.717, 1.165) is 15.8 Å². The monoisotopic (exact) mass is 429 g/mol. The van der Waals surface area contributed by atoms with Crippen LogP contribution in [-0.2, 0) is 14.8 Å². The highest BCUT2D eigenvalue weighted by molar-refractivity contribution is 7.89. The number of aryl methyl sites for hydroxylation is 2. The molecule has 2 aromatic carbocycles. The zero-order valence-corrected chi connectivity index (χ0v) is 18.0. The van der Waals surface area contributed by atoms with Gasteiger partial charge in [-0.25, -0.2) is 13.4 Å². The number of rotatable bonds is 4. The Kier molecular flexibility index (Phi) is 5.42. The lowest BCUT2D eigenvalue weighted by Gasteiger charge is -2.30. The van der Waals surface area contributed by atoms with E-state index in [4.69, 9.17) is 0 Å². The third-order valence-electron chi connectivity index (χ3n) is 5.27. The molecule has 0 spiro atoms. The minimum absolute atomic E-state index is 0.0878. The summed E-state index contributed by atoms with van der Waals surface area (Å²) in [5.41, 5.74) is 3.18. The Morgan fingerprint density at radius 1 is 1.14 bits per heavy atom. The van der Waals surface area contributed by atoms with Crippen LogP contribution in [0.5, 0.6) is 0 Å². The van der Waals surface area contributed by atoms with Gasteiger partial charge in [-0.2, -0.15) is 4.31 Å². The van der Waals surface area contributed by atoms with Gasteiger partial charge in [0.15, 0.2) is 5.13 Å². The number of benzene rings is 2. The van der Waals surface area contributed by atoms with E-state index in [9.17, 15) is 13.2 Å². The molecule has 1 amide bonds. The number of anilines is 1. The summed E-state index contributed by atoms with van der Waals surface area (Å²) in [6, 6.07) is 12.6. The van der Waals surface area contributed by atoms with Crippen LogP contribution in [0.2, 0.25) is 0 Å². The summed E-state index contributed by atoms with van der Waals surface area (Å²) in [6.07, 6.45) is 1.00. The predicted octanol–water partition coefficient (Wildman–Crippen LogP) is 3.95. The second-order valence-electron chi connectivity index (χ2n) is 7.43. The largest absolute Gasteiger partial charge is 0.302 e. The number of fused-ring (bicyclic) bond motifs is 1. The van der Waals surface area contributed by atoms with Gasteiger partial charge in [0.05, 0.1) is 15.1 Å². The van der Waals surface area contributed by atoms with Crippen LogP contribution in [-0.4, -0.2) is 36.7 Å². The Morgan fingerprint density at radius 2 is 1.83 bits per heavy atom. The first kappa shape index (κ1) is 20.0. The molecule has 1 fully saturated rings. The van der Waals surface area contributed by atoms with Crippen LogP contribution < -0.4 is 5.32 Å². The highest BCUT2D eigenvalue weighted by Crippen LogP contribution is 2.30. The Labute approximate surface area is 174 Å². The number of thiazole rings is 1. The number of hydrogen-bond acceptors (Lipinski definition) is 5. The fourth-order valence-electron chi connectivity index (χ4n) is 3.73. The van der Waals surface area contributed by atoms with E-state index >= 15 is 0 Å². The van der Waals surface area contributed by atoms with Crippen molar-refractivity contribution in [2.75, 3.05) is 18.4 Å². The van der Waals surface area contributed by atoms with Gasteiger partial charge >= 0.3 is 0 Å². The van der Waals surface area contributed by atoms with E-state index in [1.807, 2.05) is 13.8 Å². The number of carbonyl (C=O) groups excluding carboxylic acids is 1. The second-order valence-corrected chi connectivity index (χ2v) is 10.4. The van der Waals surface area contributed by atoms with Gasteiger partial charge in [0.25, 0.3) is 0 Å². The maximum Gasteiger partial charge on any atom is 0.243 e. The van der Waals surface area contributed by atoms with Crippen LogP contribution in [0.3, 0.4) is 0 Å². The molecule has 2 heterocycles. The number of amides is 1. The van der Waals surface area contributed by atoms with Crippen molar-refractivity contribution in [2.24, 2.45) is 5.92 Å². The number of carbonyl (C=O) groups is 1. The molecule has 8 heteroatoms. The number of piperidine rings is 1. The van der Waals surface area contributed by atoms with Gasteiger partial charge in [-0.1, -0.05) is 35.6 Å². The molecule has 4 rings (SSSR count). The summed E-state index contributed by atoms with van der Waals surface area (Å²) in [5.74, 6) is -0.303. The fourth-order valence-corrected chi connectivity index (χ4v) is 6.27. The van der Waals surface area contributed by atoms with E-state index in [1.54, 1.807) is 30.3 Å². The summed E-state index contributed by atoms with van der Waals surface area (Å²) in [7, 11) is -3.50. The van der Waals surface area contributed by atoms with Crippen molar-refractivity contribution in [2.45, 2.75) is 31.6 Å². The van der Waals surface area contributed by atoms with E-state index in [1.165, 1.54) is 21.2 Å². The van der Waals surface area contributed by atoms with Crippen molar-refractivity contribution < 1.29 is 13.2 Å². The summed E-state index contributed by atoms with van der Waals surface area (Å²) in [6.45, 7) is 4.74. The van der Waals surface area contributed by atoms with Gasteiger partial charge in [0.1, 0.15) is 0 Å². The van der Waals surface area contributed by atoms with Crippen LogP contribution in [0.1, 0.15) is 24.0 Å². The standard InChI is InChI=1S/C21H23N3O3S2/c1-14-12-15(2)19-18(13-14)28-21(22-19)23-20(25)16-8-10-24(11-9-16)29(26,27)17-6-4-3-5-7-17/h3-7,12-13,16H,8-11H2,1-2H3,(H,22,23,25). The Morgan fingerprint density at radius 3 is 2.52 bits per heavy atom. The summed E-state index contributed by atoms with van der Waals surface area (Å²) in [4.78, 5) is 17.6. The average Bonchev–Trinajstić information content (AvgIpc) is 3.11. The zero-order valence-electron chi connectivity index (χ0n) is 16.4. The first-order valence-electron chi connectivity index (χ1n) is 9.58. The Bertz CT molecular complexity index is 1150. The molecule has 0 unspecified atom stereocenters. The molecule has 152 valence electrons. The minimum atomic E-state index is -3.50. The van der Waals surface area contributed by atoms with E-state index in [2.05, 4.69) is 22.4 Å². The second kappa shape index (κ2) is 7.85. The predicted molar refractivity (Wildman–Crippen MR) is 116 cm³/mol. The first-order valence-corrected chi connectivity index (χ1v) is 11.8. The number of hydrogen-bond donors (Lipinski definition) is 1. The topological polar surface area (TPSA) is 79.4 Å². The summed E-state index contributed by atoms with van der Waals surface area (Å²) >= 11 is 1.47. The number of nitrogens with one attached hydrogen (secondary N) is 1. The average molecular weight is 430 g/mol. The number of sulfonamides is 1. The van der Waals surface area contributed by atoms with Crippen LogP contribution in [0.25, 0.3) is 10.2 Å². The lowest BCUT2D eigenvalue weighted by atomic mass is 9.97. The molecule has 0 bridgehead atoms. The third kappa shape index (κ3) is 4.05. The molecule has 0 radical (unpaired) electrons. The lowest BCUT2D eigenvalue weighted by molar-refractivity contribution is -0.120. The molecule has 1 aromatic heterocycles. The van der Waals surface area contributed by atoms with Crippen molar-refractivity contribution in [3.05, 3.63) is 53.6 Å². The zero-order chi connectivity index (χ0) is 20.6. The first-order chi connectivity index (χ1) is 13.8. The van der Waals surface area contributed by atoms with Crippen molar-refractivity contribution in [1.82, 2.24) is 9.29 Å². The maximum absolute atomic E-state index is 12.7. The highest BCUT2D eigenvalue weighted by Gasteiger charge is 2.32. The van der Waals surface area contributed by atoms with Gasteiger partial charge in [-0.15, -0.1) is 0 Å². The summed E-state index contributed by atoms with van der Waals surface area (Å²) in [5, 5.41) is 3.53. The van der Waals surface area contributed by atoms with Crippen molar-refractivity contribution in [3.8, 4) is 0 Å². The molecule has 1 aliphatic heterocycles. The number of aromatic nitrogens is 1. The SMILES string of the molecule is Cc1cc(C)c2nc(NC(=O)C3CCN(S(=O)(=O)c4ccccc4)CC3)sc2c1. The van der Waals surface area contributed by atoms with E-state index < -0.39 is 10.0 Å². The molecular weight excluding hydrogens is 406 g/mol. The molecule has 1 N–H and O–H groups in total. The molecule has 6 nitrogen and oxygen atoms in total. The quantitative estimate of drug-likeness (QED) is 0.681. The van der Waals surface area contributed by atoms with Gasteiger partial charge in [0.2, 0.25) is 15.9 Å². The molecule has 3 aromatic rings. The number of nitrogens with zero attached hydrogens (tertiary/aromatic N) is 2. The molecule has 1 aliphatic rings. The van der Waals surface area contributed by atoms with Crippen LogP contribution in [0.4, 0.5) is 5.13 Å². The smallest absolute Gasteiger partial charge is 0.243 e. The Balaban J connectivity index is 1.41. The fraction of sp³-hybridized carbons (Fsp3) is 0.333. The van der Waals surface area contributed by atoms with Gasteiger partial charge in [-0.3, -0.25) is 4.79 Å².